The van der Waals surface area contributed by atoms with Gasteiger partial charge in [-0.2, -0.15) is 0 Å². The van der Waals surface area contributed by atoms with E-state index in [1.165, 1.54) is 5.56 Å². The first-order chi connectivity index (χ1) is 7.86. The molecule has 0 aromatic heterocycles. The van der Waals surface area contributed by atoms with Gasteiger partial charge in [-0.25, -0.2) is 0 Å². The fraction of sp³-hybridized carbons (Fsp3) is 0.538. The number of aryl methyl sites for hydroxylation is 1. The van der Waals surface area contributed by atoms with Crippen LogP contribution in [0.3, 0.4) is 0 Å². The van der Waals surface area contributed by atoms with Crippen LogP contribution in [0, 0.1) is 0 Å². The molecule has 2 rings (SSSR count). The highest BCUT2D eigenvalue weighted by Gasteiger charge is 2.24. The van der Waals surface area contributed by atoms with Crippen LogP contribution in [0.1, 0.15) is 18.4 Å². The van der Waals surface area contributed by atoms with Crippen molar-refractivity contribution in [2.45, 2.75) is 31.7 Å². The molecule has 88 valence electrons. The van der Waals surface area contributed by atoms with Crippen LogP contribution in [-0.4, -0.2) is 30.7 Å². The van der Waals surface area contributed by atoms with Crippen LogP contribution in [0.2, 0.25) is 0 Å². The summed E-state index contributed by atoms with van der Waals surface area (Å²) in [6, 6.07) is 10.3. The SMILES string of the molecule is O[C@@H](CCCc1ccccc1)C1OCCO1. The second kappa shape index (κ2) is 5.99. The number of hydrogen-bond donors (Lipinski definition) is 1. The lowest BCUT2D eigenvalue weighted by atomic mass is 10.1. The van der Waals surface area contributed by atoms with Crippen LogP contribution >= 0.6 is 0 Å². The van der Waals surface area contributed by atoms with Gasteiger partial charge in [-0.15, -0.1) is 0 Å². The molecule has 1 fully saturated rings. The van der Waals surface area contributed by atoms with Gasteiger partial charge in [-0.1, -0.05) is 30.3 Å². The van der Waals surface area contributed by atoms with E-state index in [0.717, 1.165) is 19.3 Å². The van der Waals surface area contributed by atoms with Crippen LogP contribution in [0.5, 0.6) is 0 Å². The normalized spacial score (nSPS) is 18.8. The average molecular weight is 222 g/mol. The van der Waals surface area contributed by atoms with Gasteiger partial charge in [-0.05, 0) is 24.8 Å². The van der Waals surface area contributed by atoms with Crippen LogP contribution in [-0.2, 0) is 15.9 Å². The minimum Gasteiger partial charge on any atom is -0.388 e. The van der Waals surface area contributed by atoms with E-state index >= 15 is 0 Å². The maximum Gasteiger partial charge on any atom is 0.183 e. The summed E-state index contributed by atoms with van der Waals surface area (Å²) in [5.41, 5.74) is 1.31. The van der Waals surface area contributed by atoms with E-state index < -0.39 is 12.4 Å². The van der Waals surface area contributed by atoms with E-state index in [0.29, 0.717) is 13.2 Å². The van der Waals surface area contributed by atoms with Gasteiger partial charge in [0.2, 0.25) is 0 Å². The first kappa shape index (κ1) is 11.6. The maximum absolute atomic E-state index is 9.78. The highest BCUT2D eigenvalue weighted by molar-refractivity contribution is 5.14. The van der Waals surface area contributed by atoms with Crippen molar-refractivity contribution in [3.8, 4) is 0 Å². The molecule has 0 saturated carbocycles. The van der Waals surface area contributed by atoms with Crippen molar-refractivity contribution >= 4 is 0 Å². The predicted octanol–water partition coefficient (Wildman–Crippen LogP) is 1.74. The molecule has 1 saturated heterocycles. The molecule has 1 heterocycles. The predicted molar refractivity (Wildman–Crippen MR) is 61.1 cm³/mol. The van der Waals surface area contributed by atoms with Crippen molar-refractivity contribution in [2.24, 2.45) is 0 Å². The molecule has 0 radical (unpaired) electrons. The highest BCUT2D eigenvalue weighted by Crippen LogP contribution is 2.14. The summed E-state index contributed by atoms with van der Waals surface area (Å²) in [4.78, 5) is 0. The summed E-state index contributed by atoms with van der Waals surface area (Å²) in [6.07, 6.45) is 1.76. The fourth-order valence-corrected chi connectivity index (χ4v) is 1.89. The van der Waals surface area contributed by atoms with E-state index in [2.05, 4.69) is 12.1 Å². The molecule has 0 aliphatic carbocycles. The van der Waals surface area contributed by atoms with E-state index in [1.54, 1.807) is 0 Å². The molecular weight excluding hydrogens is 204 g/mol. The molecule has 1 aromatic carbocycles. The van der Waals surface area contributed by atoms with Crippen molar-refractivity contribution in [2.75, 3.05) is 13.2 Å². The topological polar surface area (TPSA) is 38.7 Å². The zero-order chi connectivity index (χ0) is 11.2. The third kappa shape index (κ3) is 3.30. The van der Waals surface area contributed by atoms with Gasteiger partial charge in [0.05, 0.1) is 13.2 Å². The van der Waals surface area contributed by atoms with Crippen molar-refractivity contribution < 1.29 is 14.6 Å². The first-order valence-electron chi connectivity index (χ1n) is 5.81. The third-order valence-corrected chi connectivity index (χ3v) is 2.77. The number of aliphatic hydroxyl groups is 1. The largest absolute Gasteiger partial charge is 0.388 e. The minimum absolute atomic E-state index is 0.407. The van der Waals surface area contributed by atoms with Gasteiger partial charge in [-0.3, -0.25) is 0 Å². The smallest absolute Gasteiger partial charge is 0.183 e. The summed E-state index contributed by atoms with van der Waals surface area (Å²) >= 11 is 0. The first-order valence-corrected chi connectivity index (χ1v) is 5.81. The number of rotatable bonds is 5. The van der Waals surface area contributed by atoms with Crippen LogP contribution in [0.15, 0.2) is 30.3 Å². The molecule has 3 heteroatoms. The average Bonchev–Trinajstić information content (AvgIpc) is 2.84. The van der Waals surface area contributed by atoms with Crippen molar-refractivity contribution in [1.29, 1.82) is 0 Å². The Kier molecular flexibility index (Phi) is 4.34. The molecule has 0 unspecified atom stereocenters. The quantitative estimate of drug-likeness (QED) is 0.824. The van der Waals surface area contributed by atoms with Crippen molar-refractivity contribution in [1.82, 2.24) is 0 Å². The number of hydrogen-bond acceptors (Lipinski definition) is 3. The van der Waals surface area contributed by atoms with Gasteiger partial charge in [0.25, 0.3) is 0 Å². The molecule has 1 aliphatic heterocycles. The molecule has 1 atom stereocenters. The summed E-state index contributed by atoms with van der Waals surface area (Å²) in [6.45, 7) is 1.20. The summed E-state index contributed by atoms with van der Waals surface area (Å²) in [5, 5.41) is 9.78. The van der Waals surface area contributed by atoms with Gasteiger partial charge in [0.1, 0.15) is 6.10 Å². The highest BCUT2D eigenvalue weighted by atomic mass is 16.7. The Labute approximate surface area is 96.0 Å². The fourth-order valence-electron chi connectivity index (χ4n) is 1.89. The van der Waals surface area contributed by atoms with Crippen LogP contribution in [0.4, 0.5) is 0 Å². The Balaban J connectivity index is 1.67. The summed E-state index contributed by atoms with van der Waals surface area (Å²) < 4.78 is 10.5. The van der Waals surface area contributed by atoms with Crippen LogP contribution in [0.25, 0.3) is 0 Å². The van der Waals surface area contributed by atoms with Crippen LogP contribution < -0.4 is 0 Å². The maximum atomic E-state index is 9.78. The van der Waals surface area contributed by atoms with Gasteiger partial charge in [0, 0.05) is 0 Å². The molecule has 16 heavy (non-hydrogen) atoms. The monoisotopic (exact) mass is 222 g/mol. The van der Waals surface area contributed by atoms with E-state index in [4.69, 9.17) is 9.47 Å². The molecule has 3 nitrogen and oxygen atoms in total. The van der Waals surface area contributed by atoms with E-state index in [-0.39, 0.29) is 0 Å². The molecule has 1 aromatic rings. The zero-order valence-corrected chi connectivity index (χ0v) is 9.34. The Morgan fingerprint density at radius 3 is 2.56 bits per heavy atom. The minimum atomic E-state index is -0.494. The molecule has 1 N–H and O–H groups in total. The van der Waals surface area contributed by atoms with Gasteiger partial charge < -0.3 is 14.6 Å². The summed E-state index contributed by atoms with van der Waals surface area (Å²) in [5.74, 6) is 0. The molecule has 0 spiro atoms. The Hall–Kier alpha value is -0.900. The second-order valence-corrected chi connectivity index (χ2v) is 4.06. The van der Waals surface area contributed by atoms with Gasteiger partial charge in [0.15, 0.2) is 6.29 Å². The molecule has 0 bridgehead atoms. The van der Waals surface area contributed by atoms with Crippen molar-refractivity contribution in [3.63, 3.8) is 0 Å². The van der Waals surface area contributed by atoms with Gasteiger partial charge >= 0.3 is 0 Å². The third-order valence-electron chi connectivity index (χ3n) is 2.77. The molecular formula is C13H18O3. The number of ether oxygens (including phenoxy) is 2. The van der Waals surface area contributed by atoms with Crippen molar-refractivity contribution in [3.05, 3.63) is 35.9 Å². The second-order valence-electron chi connectivity index (χ2n) is 4.06. The standard InChI is InChI=1S/C13H18O3/c14-12(13-15-9-10-16-13)8-4-7-11-5-2-1-3-6-11/h1-3,5-6,12-14H,4,7-10H2/t12-/m0/s1. The zero-order valence-electron chi connectivity index (χ0n) is 9.34. The molecule has 1 aliphatic rings. The Bertz CT molecular complexity index is 293. The lowest BCUT2D eigenvalue weighted by molar-refractivity contribution is -0.122. The Morgan fingerprint density at radius 1 is 1.19 bits per heavy atom. The number of aliphatic hydroxyl groups excluding tert-OH is 1. The van der Waals surface area contributed by atoms with E-state index in [1.807, 2.05) is 18.2 Å². The lowest BCUT2D eigenvalue weighted by Gasteiger charge is -2.16. The lowest BCUT2D eigenvalue weighted by Crippen LogP contribution is -2.26. The Morgan fingerprint density at radius 2 is 1.88 bits per heavy atom. The summed E-state index contributed by atoms with van der Waals surface area (Å²) in [7, 11) is 0. The number of benzene rings is 1. The van der Waals surface area contributed by atoms with E-state index in [9.17, 15) is 5.11 Å². The molecule has 0 amide bonds.